The molecule has 0 aliphatic heterocycles. The average Bonchev–Trinajstić information content (AvgIpc) is 3.12. The van der Waals surface area contributed by atoms with E-state index < -0.39 is 11.8 Å². The molecule has 2 amide bonds. The highest BCUT2D eigenvalue weighted by Crippen LogP contribution is 2.18. The van der Waals surface area contributed by atoms with E-state index in [1.54, 1.807) is 42.6 Å². The lowest BCUT2D eigenvalue weighted by Gasteiger charge is -2.05. The summed E-state index contributed by atoms with van der Waals surface area (Å²) in [6.07, 6.45) is 1.58. The zero-order chi connectivity index (χ0) is 19.9. The fourth-order valence-electron chi connectivity index (χ4n) is 2.26. The van der Waals surface area contributed by atoms with Crippen LogP contribution in [0.25, 0.3) is 0 Å². The van der Waals surface area contributed by atoms with Crippen LogP contribution in [-0.4, -0.2) is 18.0 Å². The molecule has 8 heteroatoms. The highest BCUT2D eigenvalue weighted by atomic mass is 79.9. The Labute approximate surface area is 174 Å². The van der Waals surface area contributed by atoms with Gasteiger partial charge >= 0.3 is 11.8 Å². The van der Waals surface area contributed by atoms with Crippen molar-refractivity contribution in [2.45, 2.75) is 6.54 Å². The van der Waals surface area contributed by atoms with Crippen molar-refractivity contribution >= 4 is 56.9 Å². The molecule has 142 valence electrons. The lowest BCUT2D eigenvalue weighted by molar-refractivity contribution is -0.136. The SMILES string of the molecule is O=C(NCc1ccc(C=Nc2cccc(Br)c2)o1)C(=O)Nc1cccc(Cl)c1. The number of anilines is 1. The number of nitrogens with zero attached hydrogens (tertiary/aromatic N) is 1. The van der Waals surface area contributed by atoms with E-state index in [-0.39, 0.29) is 6.54 Å². The zero-order valence-electron chi connectivity index (χ0n) is 14.5. The van der Waals surface area contributed by atoms with Gasteiger partial charge in [0, 0.05) is 15.2 Å². The summed E-state index contributed by atoms with van der Waals surface area (Å²) in [5.41, 5.74) is 1.22. The second-order valence-electron chi connectivity index (χ2n) is 5.69. The average molecular weight is 461 g/mol. The van der Waals surface area contributed by atoms with Gasteiger partial charge in [0.05, 0.1) is 18.4 Å². The van der Waals surface area contributed by atoms with Crippen LogP contribution in [0.1, 0.15) is 11.5 Å². The largest absolute Gasteiger partial charge is 0.458 e. The van der Waals surface area contributed by atoms with E-state index in [0.29, 0.717) is 22.2 Å². The van der Waals surface area contributed by atoms with Crippen LogP contribution in [0.15, 0.2) is 74.5 Å². The number of carbonyl (C=O) groups excluding carboxylic acids is 2. The van der Waals surface area contributed by atoms with Crippen LogP contribution in [0.4, 0.5) is 11.4 Å². The Balaban J connectivity index is 1.52. The number of amides is 2. The van der Waals surface area contributed by atoms with Crippen LogP contribution in [0.2, 0.25) is 5.02 Å². The van der Waals surface area contributed by atoms with Gasteiger partial charge in [0.25, 0.3) is 0 Å². The first-order valence-electron chi connectivity index (χ1n) is 8.23. The van der Waals surface area contributed by atoms with E-state index in [0.717, 1.165) is 10.2 Å². The Bertz CT molecular complexity index is 1030. The van der Waals surface area contributed by atoms with E-state index >= 15 is 0 Å². The Morgan fingerprint density at radius 3 is 2.68 bits per heavy atom. The molecule has 3 rings (SSSR count). The van der Waals surface area contributed by atoms with Gasteiger partial charge in [0.15, 0.2) is 0 Å². The van der Waals surface area contributed by atoms with Crippen LogP contribution in [-0.2, 0) is 16.1 Å². The number of carbonyl (C=O) groups is 2. The predicted molar refractivity (Wildman–Crippen MR) is 112 cm³/mol. The summed E-state index contributed by atoms with van der Waals surface area (Å²) in [5.74, 6) is -0.529. The highest BCUT2D eigenvalue weighted by Gasteiger charge is 2.14. The molecule has 1 aromatic heterocycles. The van der Waals surface area contributed by atoms with Crippen LogP contribution < -0.4 is 10.6 Å². The van der Waals surface area contributed by atoms with E-state index in [1.807, 2.05) is 24.3 Å². The molecule has 0 atom stereocenters. The van der Waals surface area contributed by atoms with Crippen molar-refractivity contribution < 1.29 is 14.0 Å². The van der Waals surface area contributed by atoms with Gasteiger partial charge in [-0.2, -0.15) is 0 Å². The van der Waals surface area contributed by atoms with E-state index in [9.17, 15) is 9.59 Å². The Kier molecular flexibility index (Phi) is 6.62. The number of aliphatic imine (C=N–C) groups is 1. The molecular weight excluding hydrogens is 446 g/mol. The minimum atomic E-state index is -0.787. The van der Waals surface area contributed by atoms with E-state index in [4.69, 9.17) is 16.0 Å². The van der Waals surface area contributed by atoms with Crippen LogP contribution in [0.5, 0.6) is 0 Å². The molecule has 0 aliphatic carbocycles. The Hall–Kier alpha value is -2.90. The molecule has 1 heterocycles. The van der Waals surface area contributed by atoms with E-state index in [2.05, 4.69) is 31.6 Å². The third-order valence-corrected chi connectivity index (χ3v) is 4.27. The minimum Gasteiger partial charge on any atom is -0.458 e. The molecule has 6 nitrogen and oxygen atoms in total. The van der Waals surface area contributed by atoms with Crippen molar-refractivity contribution in [1.82, 2.24) is 5.32 Å². The summed E-state index contributed by atoms with van der Waals surface area (Å²) < 4.78 is 6.51. The van der Waals surface area contributed by atoms with Crippen molar-refractivity contribution in [3.8, 4) is 0 Å². The molecule has 0 saturated carbocycles. The first-order valence-corrected chi connectivity index (χ1v) is 9.40. The summed E-state index contributed by atoms with van der Waals surface area (Å²) in [6.45, 7) is 0.0759. The topological polar surface area (TPSA) is 83.7 Å². The van der Waals surface area contributed by atoms with Crippen molar-refractivity contribution in [2.24, 2.45) is 4.99 Å². The number of halogens is 2. The lowest BCUT2D eigenvalue weighted by Crippen LogP contribution is -2.34. The van der Waals surface area contributed by atoms with Crippen LogP contribution in [0, 0.1) is 0 Å². The second-order valence-corrected chi connectivity index (χ2v) is 7.04. The number of nitrogens with one attached hydrogen (secondary N) is 2. The second kappa shape index (κ2) is 9.34. The summed E-state index contributed by atoms with van der Waals surface area (Å²) in [4.78, 5) is 28.2. The number of rotatable bonds is 5. The fourth-order valence-corrected chi connectivity index (χ4v) is 2.83. The smallest absolute Gasteiger partial charge is 0.313 e. The molecule has 2 N–H and O–H groups in total. The van der Waals surface area contributed by atoms with Gasteiger partial charge in [-0.15, -0.1) is 0 Å². The van der Waals surface area contributed by atoms with Gasteiger partial charge in [0.2, 0.25) is 0 Å². The normalized spacial score (nSPS) is 10.8. The number of furan rings is 1. The lowest BCUT2D eigenvalue weighted by atomic mass is 10.3. The van der Waals surface area contributed by atoms with Gasteiger partial charge in [-0.3, -0.25) is 14.6 Å². The van der Waals surface area contributed by atoms with Gasteiger partial charge in [-0.05, 0) is 48.5 Å². The van der Waals surface area contributed by atoms with Gasteiger partial charge < -0.3 is 15.1 Å². The molecule has 2 aromatic carbocycles. The number of hydrogen-bond acceptors (Lipinski definition) is 4. The molecule has 0 saturated heterocycles. The standard InChI is InChI=1S/C20H15BrClN3O3/c21-13-3-1-5-15(9-13)23-11-17-7-8-18(28-17)12-24-19(26)20(27)25-16-6-2-4-14(22)10-16/h1-11H,12H2,(H,24,26)(H,25,27). The van der Waals surface area contributed by atoms with Gasteiger partial charge in [0.1, 0.15) is 11.5 Å². The van der Waals surface area contributed by atoms with E-state index in [1.165, 1.54) is 0 Å². The third kappa shape index (κ3) is 5.80. The summed E-state index contributed by atoms with van der Waals surface area (Å²) in [6, 6.07) is 17.5. The van der Waals surface area contributed by atoms with Crippen molar-refractivity contribution in [3.63, 3.8) is 0 Å². The maximum atomic E-state index is 11.9. The maximum Gasteiger partial charge on any atom is 0.313 e. The molecule has 0 unspecified atom stereocenters. The fraction of sp³-hybridized carbons (Fsp3) is 0.0500. The molecule has 0 spiro atoms. The molecule has 3 aromatic rings. The van der Waals surface area contributed by atoms with Crippen molar-refractivity contribution in [3.05, 3.63) is 81.7 Å². The van der Waals surface area contributed by atoms with Crippen molar-refractivity contribution in [2.75, 3.05) is 5.32 Å². The summed E-state index contributed by atoms with van der Waals surface area (Å²) in [5, 5.41) is 5.44. The minimum absolute atomic E-state index is 0.0759. The summed E-state index contributed by atoms with van der Waals surface area (Å²) >= 11 is 9.23. The first-order chi connectivity index (χ1) is 13.5. The van der Waals surface area contributed by atoms with Gasteiger partial charge in [-0.1, -0.05) is 39.7 Å². The van der Waals surface area contributed by atoms with Crippen LogP contribution in [0.3, 0.4) is 0 Å². The zero-order valence-corrected chi connectivity index (χ0v) is 16.8. The highest BCUT2D eigenvalue weighted by molar-refractivity contribution is 9.10. The van der Waals surface area contributed by atoms with Gasteiger partial charge in [-0.25, -0.2) is 0 Å². The molecule has 0 aliphatic rings. The molecule has 28 heavy (non-hydrogen) atoms. The summed E-state index contributed by atoms with van der Waals surface area (Å²) in [7, 11) is 0. The maximum absolute atomic E-state index is 11.9. The first kappa shape index (κ1) is 19.9. The predicted octanol–water partition coefficient (Wildman–Crippen LogP) is 4.70. The molecule has 0 fully saturated rings. The monoisotopic (exact) mass is 459 g/mol. The molecule has 0 radical (unpaired) electrons. The third-order valence-electron chi connectivity index (χ3n) is 3.54. The number of benzene rings is 2. The quantitative estimate of drug-likeness (QED) is 0.427. The number of hydrogen-bond donors (Lipinski definition) is 2. The Morgan fingerprint density at radius 2 is 1.89 bits per heavy atom. The van der Waals surface area contributed by atoms with Crippen molar-refractivity contribution in [1.29, 1.82) is 0 Å². The van der Waals surface area contributed by atoms with Crippen LogP contribution >= 0.6 is 27.5 Å². The Morgan fingerprint density at radius 1 is 1.07 bits per heavy atom. The molecule has 0 bridgehead atoms. The molecular formula is C20H15BrClN3O3.